The maximum atomic E-state index is 11.4. The van der Waals surface area contributed by atoms with Gasteiger partial charge < -0.3 is 0 Å². The van der Waals surface area contributed by atoms with E-state index in [0.29, 0.717) is 0 Å². The monoisotopic (exact) mass is 196 g/mol. The first-order valence-electron chi connectivity index (χ1n) is 3.72. The molecule has 0 saturated carbocycles. The van der Waals surface area contributed by atoms with Crippen LogP contribution in [0.1, 0.15) is 5.56 Å². The van der Waals surface area contributed by atoms with Crippen molar-refractivity contribution in [3.63, 3.8) is 0 Å². The summed E-state index contributed by atoms with van der Waals surface area (Å²) >= 11 is 0. The largest absolute Gasteiger partial charge is 0.364 e. The summed E-state index contributed by atoms with van der Waals surface area (Å²) in [5, 5.41) is 0. The average molecular weight is 196 g/mol. The number of sulfone groups is 1. The molecule has 68 valence electrons. The van der Waals surface area contributed by atoms with Gasteiger partial charge in [-0.3, -0.25) is 0 Å². The topological polar surface area (TPSA) is 38.5 Å². The van der Waals surface area contributed by atoms with Crippen LogP contribution < -0.4 is 0 Å². The summed E-state index contributed by atoms with van der Waals surface area (Å²) in [5.74, 6) is -0.365. The number of hydrogen-bond acceptors (Lipinski definition) is 2. The molecule has 0 fully saturated rings. The second kappa shape index (κ2) is 3.58. The molecule has 1 aromatic rings. The van der Waals surface area contributed by atoms with Crippen LogP contribution in [0.15, 0.2) is 29.2 Å². The number of rotatable bonds is 2. The van der Waals surface area contributed by atoms with Gasteiger partial charge in [-0.1, -0.05) is 22.5 Å². The van der Waals surface area contributed by atoms with Gasteiger partial charge >= 0.3 is 5.88 Å². The lowest BCUT2D eigenvalue weighted by Crippen LogP contribution is -2.03. The van der Waals surface area contributed by atoms with Crippen molar-refractivity contribution >= 4 is 9.84 Å². The first-order chi connectivity index (χ1) is 6.06. The summed E-state index contributed by atoms with van der Waals surface area (Å²) in [5.41, 5.74) is 1.02. The number of aryl methyl sites for hydroxylation is 1. The summed E-state index contributed by atoms with van der Waals surface area (Å²) in [6.45, 7) is 6.72. The first-order valence-corrected chi connectivity index (χ1v) is 5.37. The molecule has 0 atom stereocenters. The van der Waals surface area contributed by atoms with Gasteiger partial charge in [0.25, 0.3) is 16.4 Å². The van der Waals surface area contributed by atoms with Gasteiger partial charge in [0.05, 0.1) is 4.90 Å². The fourth-order valence-electron chi connectivity index (χ4n) is 0.918. The van der Waals surface area contributed by atoms with Crippen molar-refractivity contribution in [2.75, 3.05) is 5.88 Å². The summed E-state index contributed by atoms with van der Waals surface area (Å²) in [6, 6.07) is 6.58. The Hall–Kier alpha value is -1.34. The average Bonchev–Trinajstić information content (AvgIpc) is 2.05. The molecule has 0 amide bonds. The van der Waals surface area contributed by atoms with Crippen molar-refractivity contribution in [2.45, 2.75) is 11.8 Å². The molecule has 13 heavy (non-hydrogen) atoms. The van der Waals surface area contributed by atoms with Crippen LogP contribution in [0.2, 0.25) is 0 Å². The van der Waals surface area contributed by atoms with Crippen molar-refractivity contribution in [1.82, 2.24) is 0 Å². The molecular formula is C9H10NO2S+. The Morgan fingerprint density at radius 2 is 1.85 bits per heavy atom. The molecule has 0 N–H and O–H groups in total. The summed E-state index contributed by atoms with van der Waals surface area (Å²) in [4.78, 5) is 3.37. The van der Waals surface area contributed by atoms with Crippen LogP contribution in [0, 0.1) is 13.5 Å². The van der Waals surface area contributed by atoms with Gasteiger partial charge in [-0.25, -0.2) is 8.42 Å². The molecule has 0 aliphatic carbocycles. The van der Waals surface area contributed by atoms with E-state index in [-0.39, 0.29) is 10.8 Å². The van der Waals surface area contributed by atoms with E-state index < -0.39 is 9.84 Å². The Morgan fingerprint density at radius 3 is 2.31 bits per heavy atom. The zero-order chi connectivity index (χ0) is 9.90. The van der Waals surface area contributed by atoms with Crippen LogP contribution in [0.4, 0.5) is 0 Å². The van der Waals surface area contributed by atoms with Crippen molar-refractivity contribution in [3.05, 3.63) is 34.7 Å². The molecule has 0 heterocycles. The fourth-order valence-corrected chi connectivity index (χ4v) is 1.81. The third kappa shape index (κ3) is 2.30. The van der Waals surface area contributed by atoms with Crippen LogP contribution in [0.25, 0.3) is 4.85 Å². The zero-order valence-electron chi connectivity index (χ0n) is 7.27. The Bertz CT molecular complexity index is 426. The molecule has 4 heteroatoms. The van der Waals surface area contributed by atoms with Gasteiger partial charge in [0.15, 0.2) is 0 Å². The second-order valence-corrected chi connectivity index (χ2v) is 4.70. The minimum Gasteiger partial charge on any atom is -0.216 e. The van der Waals surface area contributed by atoms with Crippen LogP contribution in [0.5, 0.6) is 0 Å². The maximum Gasteiger partial charge on any atom is 0.364 e. The lowest BCUT2D eigenvalue weighted by atomic mass is 10.2. The molecule has 0 saturated heterocycles. The number of benzene rings is 1. The minimum atomic E-state index is -3.32. The molecule has 0 radical (unpaired) electrons. The predicted molar refractivity (Wildman–Crippen MR) is 51.5 cm³/mol. The van der Waals surface area contributed by atoms with Gasteiger partial charge in [-0.15, -0.1) is 0 Å². The molecule has 0 unspecified atom stereocenters. The molecule has 3 nitrogen and oxygen atoms in total. The molecule has 1 rings (SSSR count). The van der Waals surface area contributed by atoms with Crippen LogP contribution in [0.3, 0.4) is 0 Å². The lowest BCUT2D eigenvalue weighted by Gasteiger charge is -1.96. The van der Waals surface area contributed by atoms with E-state index in [9.17, 15) is 8.42 Å². The minimum absolute atomic E-state index is 0.257. The normalized spacial score (nSPS) is 10.8. The zero-order valence-corrected chi connectivity index (χ0v) is 8.08. The van der Waals surface area contributed by atoms with E-state index in [4.69, 9.17) is 6.57 Å². The summed E-state index contributed by atoms with van der Waals surface area (Å²) in [6.07, 6.45) is 0. The Kier molecular flexibility index (Phi) is 2.69. The van der Waals surface area contributed by atoms with Crippen LogP contribution in [-0.2, 0) is 9.84 Å². The van der Waals surface area contributed by atoms with Crippen molar-refractivity contribution < 1.29 is 8.42 Å². The summed E-state index contributed by atoms with van der Waals surface area (Å²) in [7, 11) is -3.32. The van der Waals surface area contributed by atoms with Crippen molar-refractivity contribution in [3.8, 4) is 6.57 Å². The van der Waals surface area contributed by atoms with E-state index >= 15 is 0 Å². The van der Waals surface area contributed by atoms with Gasteiger partial charge in [-0.05, 0) is 19.1 Å². The van der Waals surface area contributed by atoms with Crippen LogP contribution in [-0.4, -0.2) is 14.3 Å². The highest BCUT2D eigenvalue weighted by atomic mass is 32.2. The van der Waals surface area contributed by atoms with Gasteiger partial charge in [0.1, 0.15) is 0 Å². The van der Waals surface area contributed by atoms with E-state index in [1.165, 1.54) is 0 Å². The highest BCUT2D eigenvalue weighted by Crippen LogP contribution is 2.11. The molecule has 0 aliphatic heterocycles. The lowest BCUT2D eigenvalue weighted by molar-refractivity contribution is 0.599. The summed E-state index contributed by atoms with van der Waals surface area (Å²) < 4.78 is 22.7. The standard InChI is InChI=1S/C9H10NO2S/c1-8-3-5-9(6-4-8)13(11,12)7-10-2/h2-6H,7H2,1H3/q+1. The third-order valence-corrected chi connectivity index (χ3v) is 3.10. The fraction of sp³-hybridized carbons (Fsp3) is 0.222. The smallest absolute Gasteiger partial charge is 0.216 e. The van der Waals surface area contributed by atoms with E-state index in [0.717, 1.165) is 5.56 Å². The number of nitrogens with zero attached hydrogens (tertiary/aromatic N) is 1. The Labute approximate surface area is 77.8 Å². The third-order valence-electron chi connectivity index (χ3n) is 1.62. The van der Waals surface area contributed by atoms with E-state index in [1.54, 1.807) is 24.3 Å². The SMILES string of the molecule is C#[N+]CS(=O)(=O)c1ccc(C)cc1. The Balaban J connectivity index is 3.11. The molecule has 0 aliphatic rings. The highest BCUT2D eigenvalue weighted by molar-refractivity contribution is 7.91. The molecule has 1 aromatic carbocycles. The molecule has 0 bridgehead atoms. The van der Waals surface area contributed by atoms with E-state index in [1.807, 2.05) is 6.92 Å². The van der Waals surface area contributed by atoms with Gasteiger partial charge in [0, 0.05) is 0 Å². The van der Waals surface area contributed by atoms with Crippen molar-refractivity contribution in [2.24, 2.45) is 0 Å². The molecule has 0 spiro atoms. The van der Waals surface area contributed by atoms with Gasteiger partial charge in [0.2, 0.25) is 0 Å². The van der Waals surface area contributed by atoms with Gasteiger partial charge in [-0.2, -0.15) is 0 Å². The predicted octanol–water partition coefficient (Wildman–Crippen LogP) is 1.69. The van der Waals surface area contributed by atoms with E-state index in [2.05, 4.69) is 4.85 Å². The maximum absolute atomic E-state index is 11.4. The van der Waals surface area contributed by atoms with Crippen molar-refractivity contribution in [1.29, 1.82) is 0 Å². The quantitative estimate of drug-likeness (QED) is 0.722. The molecular weight excluding hydrogens is 186 g/mol. The van der Waals surface area contributed by atoms with Crippen LogP contribution >= 0.6 is 0 Å². The highest BCUT2D eigenvalue weighted by Gasteiger charge is 2.18. The Morgan fingerprint density at radius 1 is 1.31 bits per heavy atom. The first kappa shape index (κ1) is 9.75. The molecule has 0 aromatic heterocycles. The number of hydrogen-bond donors (Lipinski definition) is 0. The second-order valence-electron chi connectivity index (χ2n) is 2.74.